The van der Waals surface area contributed by atoms with Crippen LogP contribution in [0, 0.1) is 5.92 Å². The van der Waals surface area contributed by atoms with Crippen LogP contribution in [-0.4, -0.2) is 40.1 Å². The van der Waals surface area contributed by atoms with Crippen LogP contribution >= 0.6 is 0 Å². The highest BCUT2D eigenvalue weighted by Crippen LogP contribution is 2.16. The average molecular weight is 263 g/mol. The van der Waals surface area contributed by atoms with Crippen LogP contribution < -0.4 is 5.32 Å². The van der Waals surface area contributed by atoms with Crippen molar-refractivity contribution in [3.63, 3.8) is 0 Å². The van der Waals surface area contributed by atoms with Gasteiger partial charge < -0.3 is 10.0 Å². The number of rotatable bonds is 2. The molecule has 0 bridgehead atoms. The number of amides is 2. The van der Waals surface area contributed by atoms with E-state index in [4.69, 9.17) is 5.11 Å². The molecule has 0 unspecified atom stereocenters. The zero-order valence-corrected chi connectivity index (χ0v) is 10.8. The van der Waals surface area contributed by atoms with Gasteiger partial charge in [0.05, 0.1) is 0 Å². The first-order chi connectivity index (χ1) is 9.06. The highest BCUT2D eigenvalue weighted by molar-refractivity contribution is 5.90. The van der Waals surface area contributed by atoms with Crippen LogP contribution in [0.2, 0.25) is 0 Å². The topological polar surface area (TPSA) is 82.5 Å². The number of piperidine rings is 1. The Morgan fingerprint density at radius 2 is 2.05 bits per heavy atom. The molecular formula is C13H17N3O3. The van der Waals surface area contributed by atoms with E-state index in [-0.39, 0.29) is 17.5 Å². The lowest BCUT2D eigenvalue weighted by atomic mass is 10.00. The van der Waals surface area contributed by atoms with E-state index in [0.717, 1.165) is 25.9 Å². The van der Waals surface area contributed by atoms with Crippen LogP contribution in [-0.2, 0) is 0 Å². The van der Waals surface area contributed by atoms with Gasteiger partial charge in [-0.1, -0.05) is 13.0 Å². The minimum Gasteiger partial charge on any atom is -0.477 e. The van der Waals surface area contributed by atoms with Crippen molar-refractivity contribution in [1.82, 2.24) is 9.88 Å². The third-order valence-corrected chi connectivity index (χ3v) is 3.27. The highest BCUT2D eigenvalue weighted by Gasteiger charge is 2.20. The van der Waals surface area contributed by atoms with E-state index in [9.17, 15) is 9.59 Å². The van der Waals surface area contributed by atoms with Gasteiger partial charge in [0.15, 0.2) is 5.69 Å². The third kappa shape index (κ3) is 3.43. The van der Waals surface area contributed by atoms with Crippen LogP contribution in [0.1, 0.15) is 30.3 Å². The van der Waals surface area contributed by atoms with E-state index in [0.29, 0.717) is 5.92 Å². The molecule has 2 heterocycles. The van der Waals surface area contributed by atoms with Crippen LogP contribution in [0.15, 0.2) is 18.2 Å². The number of aromatic carboxylic acids is 1. The minimum atomic E-state index is -1.11. The van der Waals surface area contributed by atoms with Crippen molar-refractivity contribution in [3.8, 4) is 0 Å². The number of carboxylic acid groups (broad SMARTS) is 1. The van der Waals surface area contributed by atoms with Crippen molar-refractivity contribution in [2.45, 2.75) is 19.8 Å². The number of nitrogens with zero attached hydrogens (tertiary/aromatic N) is 2. The Hall–Kier alpha value is -2.11. The Bertz CT molecular complexity index is 482. The lowest BCUT2D eigenvalue weighted by Crippen LogP contribution is -2.40. The smallest absolute Gasteiger partial charge is 0.354 e. The fraction of sp³-hybridized carbons (Fsp3) is 0.462. The second-order valence-electron chi connectivity index (χ2n) is 4.81. The van der Waals surface area contributed by atoms with E-state index in [2.05, 4.69) is 17.2 Å². The summed E-state index contributed by atoms with van der Waals surface area (Å²) in [5.74, 6) is -0.191. The number of carbonyl (C=O) groups excluding carboxylic acids is 1. The Morgan fingerprint density at radius 1 is 1.37 bits per heavy atom. The van der Waals surface area contributed by atoms with Gasteiger partial charge in [-0.15, -0.1) is 0 Å². The molecule has 1 fully saturated rings. The first-order valence-corrected chi connectivity index (χ1v) is 6.32. The summed E-state index contributed by atoms with van der Waals surface area (Å²) in [6, 6.07) is 4.31. The molecule has 0 aliphatic carbocycles. The second-order valence-corrected chi connectivity index (χ2v) is 4.81. The van der Waals surface area contributed by atoms with Crippen molar-refractivity contribution in [2.75, 3.05) is 18.4 Å². The van der Waals surface area contributed by atoms with Gasteiger partial charge in [0.25, 0.3) is 0 Å². The molecule has 2 N–H and O–H groups in total. The average Bonchev–Trinajstić information content (AvgIpc) is 2.39. The Kier molecular flexibility index (Phi) is 3.99. The van der Waals surface area contributed by atoms with Gasteiger partial charge in [-0.3, -0.25) is 5.32 Å². The van der Waals surface area contributed by atoms with E-state index < -0.39 is 5.97 Å². The van der Waals surface area contributed by atoms with Gasteiger partial charge in [-0.25, -0.2) is 14.6 Å². The maximum absolute atomic E-state index is 12.0. The van der Waals surface area contributed by atoms with Crippen molar-refractivity contribution < 1.29 is 14.7 Å². The molecule has 0 spiro atoms. The molecule has 0 atom stereocenters. The Morgan fingerprint density at radius 3 is 2.68 bits per heavy atom. The van der Waals surface area contributed by atoms with Crippen molar-refractivity contribution in [2.24, 2.45) is 5.92 Å². The molecule has 1 aromatic rings. The van der Waals surface area contributed by atoms with Crippen molar-refractivity contribution >= 4 is 17.8 Å². The maximum atomic E-state index is 12.0. The molecule has 19 heavy (non-hydrogen) atoms. The number of hydrogen-bond donors (Lipinski definition) is 2. The Balaban J connectivity index is 1.98. The monoisotopic (exact) mass is 263 g/mol. The predicted octanol–water partition coefficient (Wildman–Crippen LogP) is 2.04. The molecule has 1 aliphatic rings. The molecule has 6 nitrogen and oxygen atoms in total. The quantitative estimate of drug-likeness (QED) is 0.855. The lowest BCUT2D eigenvalue weighted by Gasteiger charge is -2.30. The van der Waals surface area contributed by atoms with Crippen molar-refractivity contribution in [3.05, 3.63) is 23.9 Å². The summed E-state index contributed by atoms with van der Waals surface area (Å²) in [5.41, 5.74) is -0.0786. The number of likely N-dealkylation sites (tertiary alicyclic amines) is 1. The number of aromatic nitrogens is 1. The molecule has 6 heteroatoms. The molecular weight excluding hydrogens is 246 g/mol. The zero-order chi connectivity index (χ0) is 13.8. The molecule has 0 radical (unpaired) electrons. The van der Waals surface area contributed by atoms with E-state index in [1.165, 1.54) is 6.07 Å². The highest BCUT2D eigenvalue weighted by atomic mass is 16.4. The first-order valence-electron chi connectivity index (χ1n) is 6.32. The molecule has 1 aromatic heterocycles. The SMILES string of the molecule is CC1CCN(C(=O)Nc2cccc(C(=O)O)n2)CC1. The molecule has 1 aliphatic heterocycles. The normalized spacial score (nSPS) is 16.2. The lowest BCUT2D eigenvalue weighted by molar-refractivity contribution is 0.0690. The minimum absolute atomic E-state index is 0.0786. The van der Waals surface area contributed by atoms with Crippen molar-refractivity contribution in [1.29, 1.82) is 0 Å². The van der Waals surface area contributed by atoms with Gasteiger partial charge in [0.2, 0.25) is 0 Å². The van der Waals surface area contributed by atoms with Gasteiger partial charge in [-0.05, 0) is 30.9 Å². The summed E-state index contributed by atoms with van der Waals surface area (Å²) >= 11 is 0. The second kappa shape index (κ2) is 5.69. The van der Waals surface area contributed by atoms with Crippen LogP contribution in [0.25, 0.3) is 0 Å². The van der Waals surface area contributed by atoms with E-state index in [1.54, 1.807) is 17.0 Å². The summed E-state index contributed by atoms with van der Waals surface area (Å²) in [5, 5.41) is 11.5. The summed E-state index contributed by atoms with van der Waals surface area (Å²) in [6.07, 6.45) is 1.99. The van der Waals surface area contributed by atoms with E-state index in [1.807, 2.05) is 0 Å². The third-order valence-electron chi connectivity index (χ3n) is 3.27. The maximum Gasteiger partial charge on any atom is 0.354 e. The number of hydrogen-bond acceptors (Lipinski definition) is 3. The molecule has 0 saturated carbocycles. The number of urea groups is 1. The van der Waals surface area contributed by atoms with Crippen LogP contribution in [0.4, 0.5) is 10.6 Å². The fourth-order valence-corrected chi connectivity index (χ4v) is 2.02. The zero-order valence-electron chi connectivity index (χ0n) is 10.8. The summed E-state index contributed by atoms with van der Waals surface area (Å²) in [7, 11) is 0. The van der Waals surface area contributed by atoms with Gasteiger partial charge in [-0.2, -0.15) is 0 Å². The van der Waals surface area contributed by atoms with Gasteiger partial charge in [0.1, 0.15) is 5.82 Å². The van der Waals surface area contributed by atoms with Gasteiger partial charge >= 0.3 is 12.0 Å². The molecule has 2 rings (SSSR count). The molecule has 2 amide bonds. The van der Waals surface area contributed by atoms with Crippen LogP contribution in [0.5, 0.6) is 0 Å². The van der Waals surface area contributed by atoms with Gasteiger partial charge in [0, 0.05) is 13.1 Å². The first kappa shape index (κ1) is 13.3. The molecule has 102 valence electrons. The number of carbonyl (C=O) groups is 2. The van der Waals surface area contributed by atoms with Crippen LogP contribution in [0.3, 0.4) is 0 Å². The number of anilines is 1. The fourth-order valence-electron chi connectivity index (χ4n) is 2.02. The molecule has 1 saturated heterocycles. The number of carboxylic acids is 1. The van der Waals surface area contributed by atoms with E-state index >= 15 is 0 Å². The summed E-state index contributed by atoms with van der Waals surface area (Å²) in [6.45, 7) is 3.63. The number of nitrogens with one attached hydrogen (secondary N) is 1. The Labute approximate surface area is 111 Å². The number of pyridine rings is 1. The largest absolute Gasteiger partial charge is 0.477 e. The summed E-state index contributed by atoms with van der Waals surface area (Å²) in [4.78, 5) is 28.4. The predicted molar refractivity (Wildman–Crippen MR) is 70.2 cm³/mol. The molecule has 0 aromatic carbocycles. The standard InChI is InChI=1S/C13H17N3O3/c1-9-5-7-16(8-6-9)13(19)15-11-4-2-3-10(14-11)12(17)18/h2-4,9H,5-8H2,1H3,(H,17,18)(H,14,15,19). The summed E-state index contributed by atoms with van der Waals surface area (Å²) < 4.78 is 0.